The van der Waals surface area contributed by atoms with Crippen LogP contribution in [0.4, 0.5) is 5.69 Å². The highest BCUT2D eigenvalue weighted by Crippen LogP contribution is 2.33. The molecule has 0 saturated heterocycles. The van der Waals surface area contributed by atoms with Gasteiger partial charge in [0, 0.05) is 18.9 Å². The summed E-state index contributed by atoms with van der Waals surface area (Å²) in [6.45, 7) is 5.51. The Kier molecular flexibility index (Phi) is 2.71. The fourth-order valence-corrected chi connectivity index (χ4v) is 1.94. The van der Waals surface area contributed by atoms with E-state index in [9.17, 15) is 0 Å². The Morgan fingerprint density at radius 3 is 2.86 bits per heavy atom. The molecule has 2 rings (SSSR count). The second-order valence-corrected chi connectivity index (χ2v) is 4.45. The first-order valence-electron chi connectivity index (χ1n) is 5.41. The van der Waals surface area contributed by atoms with Gasteiger partial charge >= 0.3 is 0 Å². The van der Waals surface area contributed by atoms with E-state index in [2.05, 4.69) is 30.2 Å². The SMILES string of the molecule is Cc1cncc(NC[C@H]2CC[C@@H]2C)c1. The van der Waals surface area contributed by atoms with Crippen molar-refractivity contribution in [1.82, 2.24) is 4.98 Å². The number of rotatable bonds is 3. The molecule has 1 heterocycles. The van der Waals surface area contributed by atoms with Crippen molar-refractivity contribution in [3.63, 3.8) is 0 Å². The van der Waals surface area contributed by atoms with Crippen LogP contribution >= 0.6 is 0 Å². The Bertz CT molecular complexity index is 309. The van der Waals surface area contributed by atoms with Crippen molar-refractivity contribution >= 4 is 5.69 Å². The van der Waals surface area contributed by atoms with Crippen molar-refractivity contribution < 1.29 is 0 Å². The van der Waals surface area contributed by atoms with Gasteiger partial charge in [-0.15, -0.1) is 0 Å². The van der Waals surface area contributed by atoms with E-state index in [1.54, 1.807) is 0 Å². The first-order chi connectivity index (χ1) is 6.75. The van der Waals surface area contributed by atoms with Crippen LogP contribution in [0.1, 0.15) is 25.3 Å². The molecule has 2 atom stereocenters. The number of nitrogens with one attached hydrogen (secondary N) is 1. The molecule has 0 spiro atoms. The molecule has 0 radical (unpaired) electrons. The summed E-state index contributed by atoms with van der Waals surface area (Å²) in [5, 5.41) is 3.46. The summed E-state index contributed by atoms with van der Waals surface area (Å²) in [7, 11) is 0. The molecule has 0 aliphatic heterocycles. The zero-order chi connectivity index (χ0) is 9.97. The molecule has 1 saturated carbocycles. The monoisotopic (exact) mass is 190 g/mol. The van der Waals surface area contributed by atoms with Gasteiger partial charge in [0.05, 0.1) is 5.69 Å². The summed E-state index contributed by atoms with van der Waals surface area (Å²) in [4.78, 5) is 4.16. The molecule has 0 amide bonds. The van der Waals surface area contributed by atoms with E-state index < -0.39 is 0 Å². The van der Waals surface area contributed by atoms with Gasteiger partial charge in [0.25, 0.3) is 0 Å². The van der Waals surface area contributed by atoms with Gasteiger partial charge in [-0.3, -0.25) is 4.98 Å². The van der Waals surface area contributed by atoms with Gasteiger partial charge in [-0.1, -0.05) is 13.3 Å². The molecular weight excluding hydrogens is 172 g/mol. The number of hydrogen-bond acceptors (Lipinski definition) is 2. The lowest BCUT2D eigenvalue weighted by molar-refractivity contribution is 0.210. The quantitative estimate of drug-likeness (QED) is 0.792. The van der Waals surface area contributed by atoms with Gasteiger partial charge in [-0.25, -0.2) is 0 Å². The second-order valence-electron chi connectivity index (χ2n) is 4.45. The van der Waals surface area contributed by atoms with Crippen LogP contribution in [0, 0.1) is 18.8 Å². The Hall–Kier alpha value is -1.05. The van der Waals surface area contributed by atoms with Gasteiger partial charge in [-0.2, -0.15) is 0 Å². The highest BCUT2D eigenvalue weighted by molar-refractivity contribution is 5.42. The Labute approximate surface area is 85.7 Å². The van der Waals surface area contributed by atoms with Crippen LogP contribution in [-0.2, 0) is 0 Å². The minimum absolute atomic E-state index is 0.871. The summed E-state index contributed by atoms with van der Waals surface area (Å²) in [5.41, 5.74) is 2.38. The Balaban J connectivity index is 1.85. The maximum Gasteiger partial charge on any atom is 0.0529 e. The summed E-state index contributed by atoms with van der Waals surface area (Å²) >= 11 is 0. The van der Waals surface area contributed by atoms with Crippen molar-refractivity contribution in [1.29, 1.82) is 0 Å². The lowest BCUT2D eigenvalue weighted by Crippen LogP contribution is -2.29. The first kappa shape index (κ1) is 9.50. The zero-order valence-corrected chi connectivity index (χ0v) is 8.96. The van der Waals surface area contributed by atoms with Crippen molar-refractivity contribution in [2.24, 2.45) is 11.8 Å². The molecule has 0 unspecified atom stereocenters. The van der Waals surface area contributed by atoms with Crippen LogP contribution < -0.4 is 5.32 Å². The minimum Gasteiger partial charge on any atom is -0.384 e. The molecule has 1 fully saturated rings. The molecule has 0 bridgehead atoms. The first-order valence-corrected chi connectivity index (χ1v) is 5.41. The van der Waals surface area contributed by atoms with E-state index in [1.807, 2.05) is 12.4 Å². The lowest BCUT2D eigenvalue weighted by Gasteiger charge is -2.34. The van der Waals surface area contributed by atoms with Crippen LogP contribution in [0.25, 0.3) is 0 Å². The van der Waals surface area contributed by atoms with Gasteiger partial charge < -0.3 is 5.32 Å². The van der Waals surface area contributed by atoms with Crippen molar-refractivity contribution in [2.75, 3.05) is 11.9 Å². The molecule has 2 heteroatoms. The van der Waals surface area contributed by atoms with Crippen molar-refractivity contribution in [3.8, 4) is 0 Å². The predicted molar refractivity (Wildman–Crippen MR) is 59.4 cm³/mol. The second kappa shape index (κ2) is 3.99. The topological polar surface area (TPSA) is 24.9 Å². The van der Waals surface area contributed by atoms with Crippen LogP contribution in [-0.4, -0.2) is 11.5 Å². The maximum atomic E-state index is 4.16. The minimum atomic E-state index is 0.871. The van der Waals surface area contributed by atoms with Crippen LogP contribution in [0.3, 0.4) is 0 Å². The molecule has 2 nitrogen and oxygen atoms in total. The van der Waals surface area contributed by atoms with E-state index in [-0.39, 0.29) is 0 Å². The van der Waals surface area contributed by atoms with E-state index in [4.69, 9.17) is 0 Å². The highest BCUT2D eigenvalue weighted by Gasteiger charge is 2.25. The molecule has 76 valence electrons. The molecule has 1 aromatic rings. The largest absolute Gasteiger partial charge is 0.384 e. The molecule has 1 aromatic heterocycles. The molecule has 0 aromatic carbocycles. The third-order valence-corrected chi connectivity index (χ3v) is 3.24. The molecular formula is C12H18N2. The fraction of sp³-hybridized carbons (Fsp3) is 0.583. The summed E-state index contributed by atoms with van der Waals surface area (Å²) in [6, 6.07) is 2.15. The van der Waals surface area contributed by atoms with Crippen LogP contribution in [0.15, 0.2) is 18.5 Å². The van der Waals surface area contributed by atoms with Crippen molar-refractivity contribution in [3.05, 3.63) is 24.0 Å². The maximum absolute atomic E-state index is 4.16. The normalized spacial score (nSPS) is 25.6. The number of hydrogen-bond donors (Lipinski definition) is 1. The Morgan fingerprint density at radius 1 is 1.43 bits per heavy atom. The third-order valence-electron chi connectivity index (χ3n) is 3.24. The number of aryl methyl sites for hydroxylation is 1. The summed E-state index contributed by atoms with van der Waals surface area (Å²) < 4.78 is 0. The predicted octanol–water partition coefficient (Wildman–Crippen LogP) is 2.85. The summed E-state index contributed by atoms with van der Waals surface area (Å²) in [6.07, 6.45) is 6.57. The van der Waals surface area contributed by atoms with Crippen LogP contribution in [0.2, 0.25) is 0 Å². The highest BCUT2D eigenvalue weighted by atomic mass is 14.9. The smallest absolute Gasteiger partial charge is 0.0529 e. The third kappa shape index (κ3) is 2.06. The average molecular weight is 190 g/mol. The van der Waals surface area contributed by atoms with Crippen LogP contribution in [0.5, 0.6) is 0 Å². The zero-order valence-electron chi connectivity index (χ0n) is 8.96. The standard InChI is InChI=1S/C12H18N2/c1-9-5-12(8-13-6-9)14-7-11-4-3-10(11)2/h5-6,8,10-11,14H,3-4,7H2,1-2H3/t10-,11+/m0/s1. The molecule has 1 aliphatic rings. The number of nitrogens with zero attached hydrogens (tertiary/aromatic N) is 1. The van der Waals surface area contributed by atoms with E-state index in [0.29, 0.717) is 0 Å². The van der Waals surface area contributed by atoms with Gasteiger partial charge in [-0.05, 0) is 36.8 Å². The lowest BCUT2D eigenvalue weighted by atomic mass is 9.75. The number of pyridine rings is 1. The van der Waals surface area contributed by atoms with Gasteiger partial charge in [0.2, 0.25) is 0 Å². The van der Waals surface area contributed by atoms with E-state index >= 15 is 0 Å². The Morgan fingerprint density at radius 2 is 2.29 bits per heavy atom. The summed E-state index contributed by atoms with van der Waals surface area (Å²) in [5.74, 6) is 1.77. The molecule has 1 aliphatic carbocycles. The molecule has 14 heavy (non-hydrogen) atoms. The number of aromatic nitrogens is 1. The molecule has 1 N–H and O–H groups in total. The van der Waals surface area contributed by atoms with Gasteiger partial charge in [0.1, 0.15) is 0 Å². The average Bonchev–Trinajstić information content (AvgIpc) is 2.16. The van der Waals surface area contributed by atoms with E-state index in [0.717, 1.165) is 24.1 Å². The number of anilines is 1. The fourth-order valence-electron chi connectivity index (χ4n) is 1.94. The van der Waals surface area contributed by atoms with E-state index in [1.165, 1.54) is 18.4 Å². The van der Waals surface area contributed by atoms with Crippen molar-refractivity contribution in [2.45, 2.75) is 26.7 Å². The van der Waals surface area contributed by atoms with Gasteiger partial charge in [0.15, 0.2) is 0 Å².